The summed E-state index contributed by atoms with van der Waals surface area (Å²) < 4.78 is 17.2. The smallest absolute Gasteiger partial charge is 0.206 e. The van der Waals surface area contributed by atoms with Crippen LogP contribution in [0.4, 0.5) is 0 Å². The van der Waals surface area contributed by atoms with Crippen LogP contribution in [-0.4, -0.2) is 30.9 Å². The summed E-state index contributed by atoms with van der Waals surface area (Å²) in [6.07, 6.45) is 0. The maximum absolute atomic E-state index is 6.74. The predicted octanol–water partition coefficient (Wildman–Crippen LogP) is 3.24. The molecule has 0 amide bonds. The van der Waals surface area contributed by atoms with Crippen LogP contribution in [0.15, 0.2) is 48.5 Å². The molecule has 2 aromatic rings. The third-order valence-electron chi connectivity index (χ3n) is 4.08. The topological polar surface area (TPSA) is 27.7 Å². The molecule has 0 aromatic heterocycles. The van der Waals surface area contributed by atoms with E-state index in [1.807, 2.05) is 24.3 Å². The average molecular weight is 347 g/mol. The standard InChI is InChI=1S/C18H26O3Si2/c1-19-15-7-11-17(12-8-15)22(3,4)21-23(5,6)18-13-9-16(20-2)10-14-18/h7-14H,1-6H3. The first-order valence-electron chi connectivity index (χ1n) is 7.78. The minimum absolute atomic E-state index is 0.880. The van der Waals surface area contributed by atoms with E-state index in [4.69, 9.17) is 13.6 Å². The van der Waals surface area contributed by atoms with Crippen LogP contribution in [0.5, 0.6) is 11.5 Å². The largest absolute Gasteiger partial charge is 0.497 e. The zero-order valence-electron chi connectivity index (χ0n) is 14.8. The molecule has 0 aliphatic rings. The van der Waals surface area contributed by atoms with Crippen LogP contribution in [0.2, 0.25) is 26.2 Å². The zero-order valence-corrected chi connectivity index (χ0v) is 16.8. The average Bonchev–Trinajstić information content (AvgIpc) is 2.54. The van der Waals surface area contributed by atoms with Gasteiger partial charge in [-0.3, -0.25) is 0 Å². The molecule has 0 saturated heterocycles. The Labute approximate surface area is 141 Å². The minimum atomic E-state index is -1.98. The van der Waals surface area contributed by atoms with Crippen molar-refractivity contribution >= 4 is 27.0 Å². The maximum Gasteiger partial charge on any atom is 0.206 e. The lowest BCUT2D eigenvalue weighted by Gasteiger charge is -2.34. The van der Waals surface area contributed by atoms with E-state index in [0.717, 1.165) is 11.5 Å². The molecule has 2 rings (SSSR count). The van der Waals surface area contributed by atoms with Gasteiger partial charge in [0.1, 0.15) is 11.5 Å². The van der Waals surface area contributed by atoms with Crippen LogP contribution in [0.25, 0.3) is 0 Å². The number of hydrogen-bond donors (Lipinski definition) is 0. The first-order chi connectivity index (χ1) is 10.8. The van der Waals surface area contributed by atoms with Crippen molar-refractivity contribution in [2.24, 2.45) is 0 Å². The van der Waals surface area contributed by atoms with E-state index in [1.165, 1.54) is 10.4 Å². The molecule has 3 nitrogen and oxygen atoms in total. The molecule has 0 saturated carbocycles. The molecule has 0 radical (unpaired) electrons. The van der Waals surface area contributed by atoms with E-state index >= 15 is 0 Å². The molecule has 0 unspecified atom stereocenters. The molecule has 0 aliphatic heterocycles. The Morgan fingerprint density at radius 2 is 0.870 bits per heavy atom. The van der Waals surface area contributed by atoms with Gasteiger partial charge in [0.05, 0.1) is 14.2 Å². The SMILES string of the molecule is COc1ccc([Si](C)(C)O[Si](C)(C)c2ccc(OC)cc2)cc1. The molecular formula is C18H26O3Si2. The summed E-state index contributed by atoms with van der Waals surface area (Å²) in [6, 6.07) is 16.6. The number of methoxy groups -OCH3 is 2. The summed E-state index contributed by atoms with van der Waals surface area (Å²) in [5.74, 6) is 1.76. The second-order valence-corrected chi connectivity index (χ2v) is 14.6. The van der Waals surface area contributed by atoms with Crippen molar-refractivity contribution in [2.75, 3.05) is 14.2 Å². The van der Waals surface area contributed by atoms with Gasteiger partial charge < -0.3 is 13.6 Å². The Morgan fingerprint density at radius 1 is 0.565 bits per heavy atom. The van der Waals surface area contributed by atoms with Crippen molar-refractivity contribution in [3.05, 3.63) is 48.5 Å². The zero-order chi connectivity index (χ0) is 17.1. The highest BCUT2D eigenvalue weighted by molar-refractivity contribution is 6.96. The quantitative estimate of drug-likeness (QED) is 0.752. The van der Waals surface area contributed by atoms with Gasteiger partial charge in [-0.25, -0.2) is 0 Å². The monoisotopic (exact) mass is 346 g/mol. The molecule has 0 atom stereocenters. The highest BCUT2D eigenvalue weighted by Crippen LogP contribution is 2.18. The van der Waals surface area contributed by atoms with Gasteiger partial charge in [0.25, 0.3) is 0 Å². The van der Waals surface area contributed by atoms with Crippen molar-refractivity contribution in [3.8, 4) is 11.5 Å². The molecule has 0 aliphatic carbocycles. The normalized spacial score (nSPS) is 12.1. The van der Waals surface area contributed by atoms with E-state index in [-0.39, 0.29) is 0 Å². The van der Waals surface area contributed by atoms with E-state index in [9.17, 15) is 0 Å². The van der Waals surface area contributed by atoms with Crippen LogP contribution >= 0.6 is 0 Å². The van der Waals surface area contributed by atoms with Crippen molar-refractivity contribution in [2.45, 2.75) is 26.2 Å². The second-order valence-electron chi connectivity index (χ2n) is 6.58. The summed E-state index contributed by atoms with van der Waals surface area (Å²) >= 11 is 0. The van der Waals surface area contributed by atoms with Gasteiger partial charge in [-0.2, -0.15) is 0 Å². The van der Waals surface area contributed by atoms with Crippen molar-refractivity contribution in [1.82, 2.24) is 0 Å². The summed E-state index contributed by atoms with van der Waals surface area (Å²) in [7, 11) is -0.584. The molecule has 0 spiro atoms. The van der Waals surface area contributed by atoms with Crippen molar-refractivity contribution < 1.29 is 13.6 Å². The Balaban J connectivity index is 2.21. The maximum atomic E-state index is 6.74. The summed E-state index contributed by atoms with van der Waals surface area (Å²) in [5, 5.41) is 2.57. The molecule has 0 heterocycles. The van der Waals surface area contributed by atoms with E-state index in [1.54, 1.807) is 14.2 Å². The third-order valence-corrected chi connectivity index (χ3v) is 11.6. The number of ether oxygens (including phenoxy) is 2. The predicted molar refractivity (Wildman–Crippen MR) is 101 cm³/mol. The van der Waals surface area contributed by atoms with Gasteiger partial charge in [0, 0.05) is 0 Å². The Bertz CT molecular complexity index is 577. The first kappa shape index (κ1) is 17.8. The fourth-order valence-electron chi connectivity index (χ4n) is 2.74. The number of rotatable bonds is 6. The Kier molecular flexibility index (Phi) is 5.34. The Morgan fingerprint density at radius 3 is 1.13 bits per heavy atom. The fraction of sp³-hybridized carbons (Fsp3) is 0.333. The summed E-state index contributed by atoms with van der Waals surface area (Å²) in [4.78, 5) is 0. The minimum Gasteiger partial charge on any atom is -0.497 e. The number of hydrogen-bond acceptors (Lipinski definition) is 3. The van der Waals surface area contributed by atoms with Crippen molar-refractivity contribution in [1.29, 1.82) is 0 Å². The van der Waals surface area contributed by atoms with Gasteiger partial charge in [0.15, 0.2) is 0 Å². The van der Waals surface area contributed by atoms with Gasteiger partial charge >= 0.3 is 0 Å². The molecule has 0 fully saturated rings. The molecule has 23 heavy (non-hydrogen) atoms. The van der Waals surface area contributed by atoms with Crippen molar-refractivity contribution in [3.63, 3.8) is 0 Å². The molecule has 2 aromatic carbocycles. The lowest BCUT2D eigenvalue weighted by molar-refractivity contribution is 0.415. The molecule has 124 valence electrons. The van der Waals surface area contributed by atoms with E-state index in [2.05, 4.69) is 50.5 Å². The van der Waals surface area contributed by atoms with Crippen LogP contribution in [0, 0.1) is 0 Å². The molecular weight excluding hydrogens is 320 g/mol. The fourth-order valence-corrected chi connectivity index (χ4v) is 10.7. The Hall–Kier alpha value is -1.57. The lowest BCUT2D eigenvalue weighted by atomic mass is 10.3. The first-order valence-corrected chi connectivity index (χ1v) is 13.6. The van der Waals surface area contributed by atoms with Crippen LogP contribution < -0.4 is 19.8 Å². The summed E-state index contributed by atoms with van der Waals surface area (Å²) in [5.41, 5.74) is 0. The highest BCUT2D eigenvalue weighted by Gasteiger charge is 2.35. The van der Waals surface area contributed by atoms with E-state index < -0.39 is 16.6 Å². The molecule has 5 heteroatoms. The van der Waals surface area contributed by atoms with Gasteiger partial charge in [-0.15, -0.1) is 0 Å². The van der Waals surface area contributed by atoms with E-state index in [0.29, 0.717) is 0 Å². The second kappa shape index (κ2) is 6.90. The van der Waals surface area contributed by atoms with Crippen LogP contribution in [0.1, 0.15) is 0 Å². The molecule has 0 N–H and O–H groups in total. The van der Waals surface area contributed by atoms with Gasteiger partial charge in [-0.1, -0.05) is 24.3 Å². The van der Waals surface area contributed by atoms with Gasteiger partial charge in [-0.05, 0) is 60.8 Å². The summed E-state index contributed by atoms with van der Waals surface area (Å²) in [6.45, 7) is 9.03. The molecule has 0 bridgehead atoms. The van der Waals surface area contributed by atoms with Crippen LogP contribution in [-0.2, 0) is 4.12 Å². The van der Waals surface area contributed by atoms with Gasteiger partial charge in [0.2, 0.25) is 16.6 Å². The lowest BCUT2D eigenvalue weighted by Crippen LogP contribution is -2.57. The third kappa shape index (κ3) is 4.25. The highest BCUT2D eigenvalue weighted by atomic mass is 28.4. The number of benzene rings is 2. The van der Waals surface area contributed by atoms with Crippen LogP contribution in [0.3, 0.4) is 0 Å².